The lowest BCUT2D eigenvalue weighted by atomic mass is 9.98. The van der Waals surface area contributed by atoms with Crippen molar-refractivity contribution in [2.45, 2.75) is 20.8 Å². The summed E-state index contributed by atoms with van der Waals surface area (Å²) < 4.78 is 5.38. The molecule has 0 amide bonds. The minimum atomic E-state index is -0.0378. The first-order chi connectivity index (χ1) is 8.00. The van der Waals surface area contributed by atoms with E-state index in [1.807, 2.05) is 13.8 Å². The van der Waals surface area contributed by atoms with Crippen LogP contribution in [-0.2, 0) is 0 Å². The molecule has 3 nitrogen and oxygen atoms in total. The number of hydrogen-bond donors (Lipinski definition) is 1. The number of carbonyl (C=O) groups is 1. The number of anilines is 1. The number of furan rings is 1. The Morgan fingerprint density at radius 2 is 1.88 bits per heavy atom. The highest BCUT2D eigenvalue weighted by atomic mass is 16.3. The zero-order chi connectivity index (χ0) is 12.6. The molecule has 0 aliphatic heterocycles. The maximum atomic E-state index is 12.3. The van der Waals surface area contributed by atoms with Crippen molar-refractivity contribution in [3.05, 3.63) is 52.5 Å². The van der Waals surface area contributed by atoms with Gasteiger partial charge in [0.1, 0.15) is 11.5 Å². The number of nitrogens with two attached hydrogens (primary N) is 1. The van der Waals surface area contributed by atoms with E-state index in [-0.39, 0.29) is 5.78 Å². The molecule has 0 radical (unpaired) electrons. The second-order valence-corrected chi connectivity index (χ2v) is 4.18. The van der Waals surface area contributed by atoms with Crippen LogP contribution in [0.1, 0.15) is 33.0 Å². The Kier molecular flexibility index (Phi) is 2.76. The van der Waals surface area contributed by atoms with E-state index < -0.39 is 0 Å². The van der Waals surface area contributed by atoms with Gasteiger partial charge in [-0.1, -0.05) is 12.1 Å². The van der Waals surface area contributed by atoms with Crippen molar-refractivity contribution >= 4 is 11.5 Å². The summed E-state index contributed by atoms with van der Waals surface area (Å²) in [6, 6.07) is 7.13. The van der Waals surface area contributed by atoms with E-state index in [4.69, 9.17) is 10.2 Å². The zero-order valence-electron chi connectivity index (χ0n) is 10.2. The molecule has 0 bridgehead atoms. The standard InChI is InChI=1S/C14H15NO2/c1-8-7-12(10(3)17-8)14(16)11-5-4-6-13(15)9(11)2/h4-7H,15H2,1-3H3. The van der Waals surface area contributed by atoms with Crippen LogP contribution in [-0.4, -0.2) is 5.78 Å². The van der Waals surface area contributed by atoms with Gasteiger partial charge in [0.15, 0.2) is 5.78 Å². The molecule has 0 saturated carbocycles. The molecule has 0 saturated heterocycles. The minimum absolute atomic E-state index is 0.0378. The molecule has 0 atom stereocenters. The molecule has 0 aliphatic carbocycles. The predicted molar refractivity (Wildman–Crippen MR) is 67.2 cm³/mol. The Morgan fingerprint density at radius 3 is 2.47 bits per heavy atom. The van der Waals surface area contributed by atoms with Gasteiger partial charge < -0.3 is 10.2 Å². The molecule has 2 aromatic rings. The maximum Gasteiger partial charge on any atom is 0.196 e. The maximum absolute atomic E-state index is 12.3. The van der Waals surface area contributed by atoms with Crippen LogP contribution in [0.3, 0.4) is 0 Å². The number of ketones is 1. The topological polar surface area (TPSA) is 56.2 Å². The third-order valence-electron chi connectivity index (χ3n) is 2.91. The lowest BCUT2D eigenvalue weighted by Crippen LogP contribution is -2.05. The molecular weight excluding hydrogens is 214 g/mol. The van der Waals surface area contributed by atoms with Crippen LogP contribution in [0.5, 0.6) is 0 Å². The molecule has 88 valence electrons. The van der Waals surface area contributed by atoms with Crippen molar-refractivity contribution < 1.29 is 9.21 Å². The van der Waals surface area contributed by atoms with E-state index in [0.29, 0.717) is 22.6 Å². The Labute approximate surface area is 100 Å². The monoisotopic (exact) mass is 229 g/mol. The number of nitrogen functional groups attached to an aromatic ring is 1. The van der Waals surface area contributed by atoms with Crippen molar-refractivity contribution in [1.82, 2.24) is 0 Å². The molecule has 17 heavy (non-hydrogen) atoms. The summed E-state index contributed by atoms with van der Waals surface area (Å²) in [6.45, 7) is 5.47. The van der Waals surface area contributed by atoms with Gasteiger partial charge in [0.05, 0.1) is 5.56 Å². The van der Waals surface area contributed by atoms with E-state index in [1.165, 1.54) is 0 Å². The molecule has 0 spiro atoms. The molecule has 1 aromatic carbocycles. The van der Waals surface area contributed by atoms with Gasteiger partial charge in [0, 0.05) is 11.3 Å². The predicted octanol–water partition coefficient (Wildman–Crippen LogP) is 3.02. The Bertz CT molecular complexity index is 582. The fourth-order valence-corrected chi connectivity index (χ4v) is 1.90. The van der Waals surface area contributed by atoms with Crippen LogP contribution >= 0.6 is 0 Å². The molecule has 0 unspecified atom stereocenters. The molecule has 3 heteroatoms. The summed E-state index contributed by atoms with van der Waals surface area (Å²) in [5, 5.41) is 0. The minimum Gasteiger partial charge on any atom is -0.466 e. The van der Waals surface area contributed by atoms with Crippen LogP contribution in [0.25, 0.3) is 0 Å². The van der Waals surface area contributed by atoms with Crippen molar-refractivity contribution in [3.63, 3.8) is 0 Å². The van der Waals surface area contributed by atoms with Gasteiger partial charge in [0.25, 0.3) is 0 Å². The van der Waals surface area contributed by atoms with E-state index in [0.717, 1.165) is 11.3 Å². The number of aryl methyl sites for hydroxylation is 2. The molecule has 0 aliphatic rings. The Balaban J connectivity index is 2.51. The lowest BCUT2D eigenvalue weighted by Gasteiger charge is -2.06. The molecular formula is C14H15NO2. The highest BCUT2D eigenvalue weighted by Crippen LogP contribution is 2.22. The lowest BCUT2D eigenvalue weighted by molar-refractivity contribution is 0.103. The van der Waals surface area contributed by atoms with Crippen molar-refractivity contribution in [1.29, 1.82) is 0 Å². The average Bonchev–Trinajstić information content (AvgIpc) is 2.61. The number of hydrogen-bond acceptors (Lipinski definition) is 3. The summed E-state index contributed by atoms with van der Waals surface area (Å²) in [5.74, 6) is 1.35. The van der Waals surface area contributed by atoms with E-state index >= 15 is 0 Å². The zero-order valence-corrected chi connectivity index (χ0v) is 10.2. The van der Waals surface area contributed by atoms with Crippen molar-refractivity contribution in [2.24, 2.45) is 0 Å². The van der Waals surface area contributed by atoms with Gasteiger partial charge in [-0.15, -0.1) is 0 Å². The molecule has 1 heterocycles. The van der Waals surface area contributed by atoms with Gasteiger partial charge in [-0.25, -0.2) is 0 Å². The fourth-order valence-electron chi connectivity index (χ4n) is 1.90. The van der Waals surface area contributed by atoms with Crippen LogP contribution in [0.2, 0.25) is 0 Å². The van der Waals surface area contributed by atoms with Crippen LogP contribution < -0.4 is 5.73 Å². The SMILES string of the molecule is Cc1cc(C(=O)c2cccc(N)c2C)c(C)o1. The van der Waals surface area contributed by atoms with Crippen molar-refractivity contribution in [3.8, 4) is 0 Å². The summed E-state index contributed by atoms with van der Waals surface area (Å²) in [7, 11) is 0. The largest absolute Gasteiger partial charge is 0.466 e. The highest BCUT2D eigenvalue weighted by Gasteiger charge is 2.17. The third-order valence-corrected chi connectivity index (χ3v) is 2.91. The molecule has 2 N–H and O–H groups in total. The summed E-state index contributed by atoms with van der Waals surface area (Å²) in [5.41, 5.74) is 8.49. The van der Waals surface area contributed by atoms with Crippen molar-refractivity contribution in [2.75, 3.05) is 5.73 Å². The highest BCUT2D eigenvalue weighted by molar-refractivity contribution is 6.11. The normalized spacial score (nSPS) is 10.5. The number of rotatable bonds is 2. The smallest absolute Gasteiger partial charge is 0.196 e. The number of carbonyl (C=O) groups excluding carboxylic acids is 1. The van der Waals surface area contributed by atoms with E-state index in [9.17, 15) is 4.79 Å². The first-order valence-corrected chi connectivity index (χ1v) is 5.47. The summed E-state index contributed by atoms with van der Waals surface area (Å²) in [4.78, 5) is 12.3. The van der Waals surface area contributed by atoms with Gasteiger partial charge in [-0.2, -0.15) is 0 Å². The van der Waals surface area contributed by atoms with Gasteiger partial charge in [-0.05, 0) is 38.5 Å². The Morgan fingerprint density at radius 1 is 1.18 bits per heavy atom. The quantitative estimate of drug-likeness (QED) is 0.636. The van der Waals surface area contributed by atoms with Crippen LogP contribution in [0.15, 0.2) is 28.7 Å². The summed E-state index contributed by atoms with van der Waals surface area (Å²) >= 11 is 0. The van der Waals surface area contributed by atoms with Gasteiger partial charge >= 0.3 is 0 Å². The first-order valence-electron chi connectivity index (χ1n) is 5.47. The van der Waals surface area contributed by atoms with Gasteiger partial charge in [0.2, 0.25) is 0 Å². The molecule has 2 rings (SSSR count). The fraction of sp³-hybridized carbons (Fsp3) is 0.214. The first kappa shape index (κ1) is 11.5. The van der Waals surface area contributed by atoms with E-state index in [2.05, 4.69) is 0 Å². The molecule has 1 aromatic heterocycles. The van der Waals surface area contributed by atoms with Crippen LogP contribution in [0.4, 0.5) is 5.69 Å². The average molecular weight is 229 g/mol. The Hall–Kier alpha value is -2.03. The second kappa shape index (κ2) is 4.09. The van der Waals surface area contributed by atoms with Crippen LogP contribution in [0, 0.1) is 20.8 Å². The third kappa shape index (κ3) is 1.96. The molecule has 0 fully saturated rings. The van der Waals surface area contributed by atoms with Gasteiger partial charge in [-0.3, -0.25) is 4.79 Å². The van der Waals surface area contributed by atoms with E-state index in [1.54, 1.807) is 31.2 Å². The number of benzene rings is 1. The summed E-state index contributed by atoms with van der Waals surface area (Å²) in [6.07, 6.45) is 0. The second-order valence-electron chi connectivity index (χ2n) is 4.18.